The second kappa shape index (κ2) is 10.3. The molecule has 28 heavy (non-hydrogen) atoms. The first-order valence-electron chi connectivity index (χ1n) is 10.4. The van der Waals surface area contributed by atoms with Crippen LogP contribution < -0.4 is 20.3 Å². The summed E-state index contributed by atoms with van der Waals surface area (Å²) in [5, 5.41) is 6.93. The maximum absolute atomic E-state index is 12.2. The molecular weight excluding hydrogens is 354 g/mol. The molecule has 2 heterocycles. The quantitative estimate of drug-likeness (QED) is 0.424. The number of amides is 1. The van der Waals surface area contributed by atoms with Crippen molar-refractivity contribution in [1.29, 1.82) is 0 Å². The fraction of sp³-hybridized carbons (Fsp3) is 0.619. The number of likely N-dealkylation sites (tertiary alicyclic amines) is 1. The normalized spacial score (nSPS) is 18.6. The third-order valence-electron chi connectivity index (χ3n) is 5.35. The van der Waals surface area contributed by atoms with Gasteiger partial charge in [0.15, 0.2) is 12.6 Å². The topological polar surface area (TPSA) is 69.2 Å². The summed E-state index contributed by atoms with van der Waals surface area (Å²) >= 11 is 0. The van der Waals surface area contributed by atoms with E-state index in [0.29, 0.717) is 12.6 Å². The standard InChI is InChI=1S/C21H33N5O2/c1-3-12-25-14-9-17(10-15-25)24-21(22-2)23-11-6-13-26-18-7-4-5-8-19(18)28-16-20(26)27/h4-5,7-8,17H,3,6,9-16H2,1-2H3,(H2,22,23,24). The highest BCUT2D eigenvalue weighted by Gasteiger charge is 2.24. The van der Waals surface area contributed by atoms with Crippen LogP contribution in [0.3, 0.4) is 0 Å². The number of nitrogens with zero attached hydrogens (tertiary/aromatic N) is 3. The van der Waals surface area contributed by atoms with Gasteiger partial charge in [0.1, 0.15) is 5.75 Å². The van der Waals surface area contributed by atoms with Gasteiger partial charge in [0.05, 0.1) is 5.69 Å². The summed E-state index contributed by atoms with van der Waals surface area (Å²) < 4.78 is 5.50. The van der Waals surface area contributed by atoms with E-state index in [1.165, 1.54) is 13.0 Å². The van der Waals surface area contributed by atoms with E-state index in [2.05, 4.69) is 27.4 Å². The van der Waals surface area contributed by atoms with Crippen LogP contribution in [0, 0.1) is 0 Å². The zero-order chi connectivity index (χ0) is 19.8. The van der Waals surface area contributed by atoms with Gasteiger partial charge >= 0.3 is 0 Å². The number of nitrogens with one attached hydrogen (secondary N) is 2. The lowest BCUT2D eigenvalue weighted by Crippen LogP contribution is -2.49. The molecule has 7 heteroatoms. The Morgan fingerprint density at radius 1 is 1.25 bits per heavy atom. The molecular formula is C21H33N5O2. The first-order chi connectivity index (χ1) is 13.7. The van der Waals surface area contributed by atoms with Crippen LogP contribution in [0.25, 0.3) is 0 Å². The van der Waals surface area contributed by atoms with Gasteiger partial charge in [-0.15, -0.1) is 0 Å². The molecule has 3 rings (SSSR count). The maximum Gasteiger partial charge on any atom is 0.265 e. The van der Waals surface area contributed by atoms with Crippen LogP contribution in [0.4, 0.5) is 5.69 Å². The van der Waals surface area contributed by atoms with Crippen molar-refractivity contribution in [1.82, 2.24) is 15.5 Å². The Balaban J connectivity index is 1.40. The zero-order valence-corrected chi connectivity index (χ0v) is 17.1. The van der Waals surface area contributed by atoms with Gasteiger partial charge in [0.25, 0.3) is 5.91 Å². The van der Waals surface area contributed by atoms with E-state index in [1.54, 1.807) is 0 Å². The van der Waals surface area contributed by atoms with Crippen molar-refractivity contribution in [2.75, 3.05) is 51.3 Å². The average molecular weight is 388 g/mol. The number of hydrogen-bond acceptors (Lipinski definition) is 4. The second-order valence-corrected chi connectivity index (χ2v) is 7.41. The third-order valence-corrected chi connectivity index (χ3v) is 5.35. The van der Waals surface area contributed by atoms with Gasteiger partial charge in [0.2, 0.25) is 0 Å². The average Bonchev–Trinajstić information content (AvgIpc) is 2.73. The number of carbonyl (C=O) groups is 1. The second-order valence-electron chi connectivity index (χ2n) is 7.41. The van der Waals surface area contributed by atoms with E-state index < -0.39 is 0 Å². The van der Waals surface area contributed by atoms with Gasteiger partial charge in [-0.1, -0.05) is 19.1 Å². The van der Waals surface area contributed by atoms with E-state index in [1.807, 2.05) is 36.2 Å². The van der Waals surface area contributed by atoms with Gasteiger partial charge in [-0.2, -0.15) is 0 Å². The van der Waals surface area contributed by atoms with Crippen LogP contribution in [-0.4, -0.2) is 69.2 Å². The van der Waals surface area contributed by atoms with Crippen LogP contribution in [-0.2, 0) is 4.79 Å². The Kier molecular flexibility index (Phi) is 7.54. The molecule has 0 spiro atoms. The molecule has 2 N–H and O–H groups in total. The number of rotatable bonds is 7. The molecule has 1 aromatic rings. The molecule has 1 amide bonds. The Hall–Kier alpha value is -2.28. The molecule has 154 valence electrons. The number of ether oxygens (including phenoxy) is 1. The van der Waals surface area contributed by atoms with Gasteiger partial charge < -0.3 is 25.2 Å². The van der Waals surface area contributed by atoms with E-state index in [-0.39, 0.29) is 12.5 Å². The largest absolute Gasteiger partial charge is 0.482 e. The minimum absolute atomic E-state index is 0.0139. The molecule has 0 aliphatic carbocycles. The van der Waals surface area contributed by atoms with Crippen LogP contribution >= 0.6 is 0 Å². The van der Waals surface area contributed by atoms with Crippen LogP contribution in [0.15, 0.2) is 29.3 Å². The summed E-state index contributed by atoms with van der Waals surface area (Å²) in [6, 6.07) is 8.18. The lowest BCUT2D eigenvalue weighted by Gasteiger charge is -2.33. The fourth-order valence-corrected chi connectivity index (χ4v) is 3.85. The summed E-state index contributed by atoms with van der Waals surface area (Å²) in [6.45, 7) is 7.29. The lowest BCUT2D eigenvalue weighted by atomic mass is 10.1. The third kappa shape index (κ3) is 5.38. The van der Waals surface area contributed by atoms with Crippen molar-refractivity contribution in [2.24, 2.45) is 4.99 Å². The highest BCUT2D eigenvalue weighted by molar-refractivity contribution is 5.97. The van der Waals surface area contributed by atoms with Gasteiger partial charge in [0, 0.05) is 39.3 Å². The number of hydrogen-bond donors (Lipinski definition) is 2. The predicted molar refractivity (Wildman–Crippen MR) is 113 cm³/mol. The Morgan fingerprint density at radius 3 is 2.79 bits per heavy atom. The monoisotopic (exact) mass is 387 g/mol. The predicted octanol–water partition coefficient (Wildman–Crippen LogP) is 1.84. The summed E-state index contributed by atoms with van der Waals surface area (Å²) in [5.74, 6) is 1.64. The van der Waals surface area contributed by atoms with Gasteiger partial charge in [-0.05, 0) is 44.4 Å². The molecule has 2 aliphatic heterocycles. The summed E-state index contributed by atoms with van der Waals surface area (Å²) in [6.07, 6.45) is 4.37. The molecule has 0 saturated carbocycles. The number of piperidine rings is 1. The first-order valence-corrected chi connectivity index (χ1v) is 10.4. The van der Waals surface area contributed by atoms with Crippen molar-refractivity contribution >= 4 is 17.6 Å². The molecule has 1 fully saturated rings. The van der Waals surface area contributed by atoms with Crippen molar-refractivity contribution < 1.29 is 9.53 Å². The molecule has 0 aromatic heterocycles. The number of para-hydroxylation sites is 2. The van der Waals surface area contributed by atoms with Crippen LogP contribution in [0.1, 0.15) is 32.6 Å². The van der Waals surface area contributed by atoms with E-state index in [0.717, 1.165) is 56.3 Å². The molecule has 0 atom stereocenters. The van der Waals surface area contributed by atoms with Crippen molar-refractivity contribution in [3.63, 3.8) is 0 Å². The van der Waals surface area contributed by atoms with Crippen molar-refractivity contribution in [3.8, 4) is 5.75 Å². The summed E-state index contributed by atoms with van der Waals surface area (Å²) in [5.41, 5.74) is 0.861. The van der Waals surface area contributed by atoms with Gasteiger partial charge in [-0.25, -0.2) is 0 Å². The van der Waals surface area contributed by atoms with Crippen LogP contribution in [0.2, 0.25) is 0 Å². The number of carbonyl (C=O) groups excluding carboxylic acids is 1. The number of benzene rings is 1. The highest BCUT2D eigenvalue weighted by atomic mass is 16.5. The maximum atomic E-state index is 12.2. The lowest BCUT2D eigenvalue weighted by molar-refractivity contribution is -0.121. The zero-order valence-electron chi connectivity index (χ0n) is 17.1. The molecule has 1 aromatic carbocycles. The number of guanidine groups is 1. The van der Waals surface area contributed by atoms with Crippen LogP contribution in [0.5, 0.6) is 5.75 Å². The molecule has 0 bridgehead atoms. The SMILES string of the molecule is CCCN1CCC(NC(=NC)NCCCN2C(=O)COc3ccccc32)CC1. The Labute approximate surface area is 168 Å². The number of aliphatic imine (C=N–C) groups is 1. The number of anilines is 1. The highest BCUT2D eigenvalue weighted by Crippen LogP contribution is 2.31. The molecule has 0 unspecified atom stereocenters. The molecule has 2 aliphatic rings. The van der Waals surface area contributed by atoms with Crippen molar-refractivity contribution in [2.45, 2.75) is 38.6 Å². The number of fused-ring (bicyclic) bond motifs is 1. The van der Waals surface area contributed by atoms with Crippen molar-refractivity contribution in [3.05, 3.63) is 24.3 Å². The summed E-state index contributed by atoms with van der Waals surface area (Å²) in [7, 11) is 1.81. The smallest absolute Gasteiger partial charge is 0.265 e. The van der Waals surface area contributed by atoms with E-state index >= 15 is 0 Å². The molecule has 7 nitrogen and oxygen atoms in total. The molecule has 1 saturated heterocycles. The van der Waals surface area contributed by atoms with E-state index in [9.17, 15) is 4.79 Å². The minimum atomic E-state index is 0.0139. The first kappa shape index (κ1) is 20.5. The molecule has 0 radical (unpaired) electrons. The fourth-order valence-electron chi connectivity index (χ4n) is 3.85. The summed E-state index contributed by atoms with van der Waals surface area (Å²) in [4.78, 5) is 20.9. The van der Waals surface area contributed by atoms with E-state index in [4.69, 9.17) is 4.74 Å². The van der Waals surface area contributed by atoms with Gasteiger partial charge in [-0.3, -0.25) is 9.79 Å². The Morgan fingerprint density at radius 2 is 2.04 bits per heavy atom. The minimum Gasteiger partial charge on any atom is -0.482 e. The Bertz CT molecular complexity index is 671.